The van der Waals surface area contributed by atoms with Crippen molar-refractivity contribution in [2.75, 3.05) is 18.5 Å². The highest BCUT2D eigenvalue weighted by molar-refractivity contribution is 6.04. The summed E-state index contributed by atoms with van der Waals surface area (Å²) in [5.41, 5.74) is 0.932. The number of hydrogen-bond acceptors (Lipinski definition) is 11. The zero-order chi connectivity index (χ0) is 27.4. The number of nitrogens with one attached hydrogen (secondary N) is 1. The molecular formula is C25H27N5O7. The molecule has 12 heteroatoms. The molecule has 3 N–H and O–H groups in total. The Balaban J connectivity index is 2.04. The lowest BCUT2D eigenvalue weighted by Gasteiger charge is -2.06. The Morgan fingerprint density at radius 1 is 0.730 bits per heavy atom. The average molecular weight is 510 g/mol. The van der Waals surface area contributed by atoms with Gasteiger partial charge in [-0.25, -0.2) is 9.59 Å². The molecule has 0 saturated carbocycles. The molecule has 37 heavy (non-hydrogen) atoms. The molecule has 0 aliphatic rings. The van der Waals surface area contributed by atoms with Crippen molar-refractivity contribution in [3.05, 3.63) is 77.0 Å². The second-order valence-electron chi connectivity index (χ2n) is 7.26. The fourth-order valence-corrected chi connectivity index (χ4v) is 2.63. The summed E-state index contributed by atoms with van der Waals surface area (Å²) in [6.45, 7) is 6.10. The van der Waals surface area contributed by atoms with Crippen LogP contribution in [0.2, 0.25) is 0 Å². The molecule has 0 heterocycles. The van der Waals surface area contributed by atoms with Crippen LogP contribution < -0.4 is 5.32 Å². The number of anilines is 1. The predicted molar refractivity (Wildman–Crippen MR) is 134 cm³/mol. The maximum atomic E-state index is 12.6. The lowest BCUT2D eigenvalue weighted by molar-refractivity contribution is -0.139. The predicted octanol–water partition coefficient (Wildman–Crippen LogP) is 5.81. The van der Waals surface area contributed by atoms with Crippen LogP contribution in [0.4, 0.5) is 17.1 Å². The Kier molecular flexibility index (Phi) is 10.6. The molecule has 194 valence electrons. The van der Waals surface area contributed by atoms with E-state index in [9.17, 15) is 24.6 Å². The molecule has 0 fully saturated rings. The summed E-state index contributed by atoms with van der Waals surface area (Å²) in [4.78, 5) is 36.2. The van der Waals surface area contributed by atoms with Gasteiger partial charge in [0.1, 0.15) is 11.5 Å². The van der Waals surface area contributed by atoms with E-state index in [1.807, 2.05) is 0 Å². The first-order chi connectivity index (χ1) is 17.7. The van der Waals surface area contributed by atoms with E-state index in [4.69, 9.17) is 9.47 Å². The van der Waals surface area contributed by atoms with Gasteiger partial charge >= 0.3 is 11.9 Å². The molecular weight excluding hydrogens is 482 g/mol. The number of carbonyl (C=O) groups excluding carboxylic acids is 3. The van der Waals surface area contributed by atoms with Crippen LogP contribution >= 0.6 is 0 Å². The first kappa shape index (κ1) is 28.4. The number of benzene rings is 2. The van der Waals surface area contributed by atoms with Crippen molar-refractivity contribution in [3.63, 3.8) is 0 Å². The molecule has 2 aromatic carbocycles. The highest BCUT2D eigenvalue weighted by atomic mass is 16.5. The first-order valence-corrected chi connectivity index (χ1v) is 11.1. The second-order valence-corrected chi connectivity index (χ2v) is 7.26. The Morgan fingerprint density at radius 3 is 1.51 bits per heavy atom. The summed E-state index contributed by atoms with van der Waals surface area (Å²) in [6.07, 6.45) is 0. The number of aliphatic hydroxyl groups excluding tert-OH is 2. The van der Waals surface area contributed by atoms with E-state index >= 15 is 0 Å². The number of esters is 2. The maximum Gasteiger partial charge on any atom is 0.362 e. The van der Waals surface area contributed by atoms with Gasteiger partial charge in [-0.05, 0) is 76.2 Å². The van der Waals surface area contributed by atoms with E-state index < -0.39 is 11.9 Å². The Bertz CT molecular complexity index is 1240. The largest absolute Gasteiger partial charge is 0.510 e. The van der Waals surface area contributed by atoms with Crippen LogP contribution in [0.25, 0.3) is 0 Å². The van der Waals surface area contributed by atoms with Gasteiger partial charge in [0, 0.05) is 11.3 Å². The summed E-state index contributed by atoms with van der Waals surface area (Å²) in [5.74, 6) is -2.63. The molecule has 0 radical (unpaired) electrons. The minimum Gasteiger partial charge on any atom is -0.510 e. The van der Waals surface area contributed by atoms with Crippen LogP contribution in [0.15, 0.2) is 91.9 Å². The topological polar surface area (TPSA) is 172 Å². The van der Waals surface area contributed by atoms with Crippen molar-refractivity contribution in [2.45, 2.75) is 27.7 Å². The molecule has 0 atom stereocenters. The van der Waals surface area contributed by atoms with Gasteiger partial charge in [-0.3, -0.25) is 4.79 Å². The van der Waals surface area contributed by atoms with Crippen LogP contribution in [0.1, 0.15) is 38.1 Å². The van der Waals surface area contributed by atoms with Crippen LogP contribution in [-0.2, 0) is 19.1 Å². The maximum absolute atomic E-state index is 12.6. The summed E-state index contributed by atoms with van der Waals surface area (Å²) in [7, 11) is 0. The summed E-state index contributed by atoms with van der Waals surface area (Å²) >= 11 is 0. The van der Waals surface area contributed by atoms with Crippen molar-refractivity contribution in [2.24, 2.45) is 20.5 Å². The standard InChI is InChI=1S/C25H27N5O7/c1-5-36-24(34)21(15(3)31)29-27-19-9-7-17(8-10-19)23(33)26-18-11-13-20(14-12-18)28-30-22(16(4)32)25(35)37-6-2/h7-14,31-32H,5-6H2,1-4H3,(H,26,33). The fourth-order valence-electron chi connectivity index (χ4n) is 2.63. The number of carbonyl (C=O) groups is 3. The van der Waals surface area contributed by atoms with E-state index in [-0.39, 0.29) is 42.0 Å². The van der Waals surface area contributed by atoms with Crippen molar-refractivity contribution in [3.8, 4) is 0 Å². The number of rotatable bonds is 10. The van der Waals surface area contributed by atoms with Crippen LogP contribution in [0.5, 0.6) is 0 Å². The van der Waals surface area contributed by atoms with Crippen molar-refractivity contribution in [1.29, 1.82) is 0 Å². The summed E-state index contributed by atoms with van der Waals surface area (Å²) in [6, 6.07) is 12.4. The number of amides is 1. The zero-order valence-electron chi connectivity index (χ0n) is 20.8. The lowest BCUT2D eigenvalue weighted by atomic mass is 10.2. The average Bonchev–Trinajstić information content (AvgIpc) is 2.85. The summed E-state index contributed by atoms with van der Waals surface area (Å²) in [5, 5.41) is 37.2. The van der Waals surface area contributed by atoms with Crippen LogP contribution in [0, 0.1) is 0 Å². The summed E-state index contributed by atoms with van der Waals surface area (Å²) < 4.78 is 9.63. The van der Waals surface area contributed by atoms with Crippen LogP contribution in [-0.4, -0.2) is 41.3 Å². The molecule has 0 aliphatic heterocycles. The Labute approximate surface area is 213 Å². The van der Waals surface area contributed by atoms with Gasteiger partial charge in [0.25, 0.3) is 5.91 Å². The molecule has 1 amide bonds. The number of hydrogen-bond donors (Lipinski definition) is 3. The first-order valence-electron chi connectivity index (χ1n) is 11.1. The highest BCUT2D eigenvalue weighted by Gasteiger charge is 2.15. The van der Waals surface area contributed by atoms with Crippen molar-refractivity contribution >= 4 is 34.9 Å². The van der Waals surface area contributed by atoms with Crippen molar-refractivity contribution in [1.82, 2.24) is 0 Å². The second kappa shape index (κ2) is 13.9. The molecule has 0 unspecified atom stereocenters. The lowest BCUT2D eigenvalue weighted by Crippen LogP contribution is -2.11. The van der Waals surface area contributed by atoms with Gasteiger partial charge in [-0.2, -0.15) is 10.2 Å². The monoisotopic (exact) mass is 509 g/mol. The quantitative estimate of drug-likeness (QED) is 0.157. The van der Waals surface area contributed by atoms with Gasteiger partial charge in [-0.1, -0.05) is 0 Å². The number of nitrogens with zero attached hydrogens (tertiary/aromatic N) is 4. The molecule has 0 aliphatic carbocycles. The number of ether oxygens (including phenoxy) is 2. The van der Waals surface area contributed by atoms with Gasteiger partial charge in [0.05, 0.1) is 24.6 Å². The van der Waals surface area contributed by atoms with Gasteiger partial charge in [-0.15, -0.1) is 10.2 Å². The van der Waals surface area contributed by atoms with Crippen LogP contribution in [0.3, 0.4) is 0 Å². The highest BCUT2D eigenvalue weighted by Crippen LogP contribution is 2.21. The number of aliphatic hydroxyl groups is 2. The Hall–Kier alpha value is -4.87. The Morgan fingerprint density at radius 2 is 1.14 bits per heavy atom. The van der Waals surface area contributed by atoms with Gasteiger partial charge < -0.3 is 25.0 Å². The fraction of sp³-hybridized carbons (Fsp3) is 0.240. The normalized spacial score (nSPS) is 12.6. The van der Waals surface area contributed by atoms with E-state index in [0.717, 1.165) is 0 Å². The van der Waals surface area contributed by atoms with E-state index in [2.05, 4.69) is 25.8 Å². The van der Waals surface area contributed by atoms with Gasteiger partial charge in [0.15, 0.2) is 0 Å². The third-order valence-electron chi connectivity index (χ3n) is 4.41. The molecule has 2 rings (SSSR count). The minimum atomic E-state index is -0.797. The van der Waals surface area contributed by atoms with Gasteiger partial charge in [0.2, 0.25) is 11.4 Å². The third kappa shape index (κ3) is 8.69. The molecule has 0 bridgehead atoms. The third-order valence-corrected chi connectivity index (χ3v) is 4.41. The molecule has 0 spiro atoms. The van der Waals surface area contributed by atoms with E-state index in [1.165, 1.54) is 38.1 Å². The molecule has 0 saturated heterocycles. The van der Waals surface area contributed by atoms with E-state index in [0.29, 0.717) is 22.6 Å². The number of azo groups is 2. The number of allylic oxidation sites excluding steroid dienone is 2. The molecule has 2 aromatic rings. The zero-order valence-corrected chi connectivity index (χ0v) is 20.8. The smallest absolute Gasteiger partial charge is 0.362 e. The van der Waals surface area contributed by atoms with E-state index in [1.54, 1.807) is 38.1 Å². The van der Waals surface area contributed by atoms with Crippen molar-refractivity contribution < 1.29 is 34.1 Å². The molecule has 12 nitrogen and oxygen atoms in total. The molecule has 0 aromatic heterocycles. The SMILES string of the molecule is CCOC(=O)C(N=Nc1ccc(NC(=O)c2ccc(N=NC(C(=O)OCC)=C(C)O)cc2)cc1)=C(C)O. The minimum absolute atomic E-state index is 0.124.